The Labute approximate surface area is 116 Å². The second-order valence-electron chi connectivity index (χ2n) is 6.74. The van der Waals surface area contributed by atoms with Gasteiger partial charge >= 0.3 is 5.97 Å². The molecule has 0 bridgehead atoms. The first-order chi connectivity index (χ1) is 8.63. The predicted molar refractivity (Wildman–Crippen MR) is 78.3 cm³/mol. The number of carboxylic acid groups (broad SMARTS) is 1. The molecule has 1 aromatic rings. The van der Waals surface area contributed by atoms with Crippen LogP contribution in [0.15, 0.2) is 24.3 Å². The summed E-state index contributed by atoms with van der Waals surface area (Å²) in [7, 11) is 0. The summed E-state index contributed by atoms with van der Waals surface area (Å²) in [6.45, 7) is 11.2. The molecule has 0 heterocycles. The lowest BCUT2D eigenvalue weighted by Crippen LogP contribution is -2.35. The molecule has 3 heteroatoms. The van der Waals surface area contributed by atoms with E-state index in [1.54, 1.807) is 13.8 Å². The van der Waals surface area contributed by atoms with Crippen molar-refractivity contribution in [1.82, 2.24) is 5.32 Å². The molecule has 0 radical (unpaired) electrons. The van der Waals surface area contributed by atoms with E-state index in [9.17, 15) is 4.79 Å². The third kappa shape index (κ3) is 4.67. The minimum absolute atomic E-state index is 0.164. The minimum Gasteiger partial charge on any atom is -0.481 e. The van der Waals surface area contributed by atoms with Gasteiger partial charge in [-0.25, -0.2) is 0 Å². The number of aliphatic carboxylic acids is 1. The number of rotatable bonds is 5. The van der Waals surface area contributed by atoms with Gasteiger partial charge in [-0.15, -0.1) is 0 Å². The molecular weight excluding hydrogens is 238 g/mol. The van der Waals surface area contributed by atoms with Crippen molar-refractivity contribution in [1.29, 1.82) is 0 Å². The summed E-state index contributed by atoms with van der Waals surface area (Å²) in [6, 6.07) is 8.47. The smallest absolute Gasteiger partial charge is 0.310 e. The molecule has 0 spiro atoms. The van der Waals surface area contributed by atoms with Gasteiger partial charge in [0.1, 0.15) is 0 Å². The molecule has 0 aliphatic rings. The van der Waals surface area contributed by atoms with E-state index < -0.39 is 11.4 Å². The van der Waals surface area contributed by atoms with Crippen LogP contribution < -0.4 is 5.32 Å². The highest BCUT2D eigenvalue weighted by Gasteiger charge is 2.26. The van der Waals surface area contributed by atoms with Gasteiger partial charge in [0, 0.05) is 13.1 Å². The van der Waals surface area contributed by atoms with Crippen molar-refractivity contribution in [2.75, 3.05) is 6.54 Å². The molecule has 0 saturated carbocycles. The van der Waals surface area contributed by atoms with E-state index in [0.717, 1.165) is 0 Å². The van der Waals surface area contributed by atoms with Crippen LogP contribution in [-0.2, 0) is 16.8 Å². The van der Waals surface area contributed by atoms with Gasteiger partial charge in [-0.2, -0.15) is 0 Å². The maximum absolute atomic E-state index is 11.0. The number of hydrogen-bond acceptors (Lipinski definition) is 2. The normalized spacial score (nSPS) is 12.5. The number of hydrogen-bond donors (Lipinski definition) is 2. The zero-order valence-electron chi connectivity index (χ0n) is 12.6. The monoisotopic (exact) mass is 263 g/mol. The van der Waals surface area contributed by atoms with Gasteiger partial charge in [-0.05, 0) is 30.4 Å². The molecule has 0 amide bonds. The van der Waals surface area contributed by atoms with E-state index in [-0.39, 0.29) is 5.41 Å². The third-order valence-corrected chi connectivity index (χ3v) is 3.29. The van der Waals surface area contributed by atoms with Crippen LogP contribution in [0.25, 0.3) is 0 Å². The van der Waals surface area contributed by atoms with Crippen LogP contribution in [0.5, 0.6) is 0 Å². The molecule has 0 aliphatic heterocycles. The molecule has 1 aromatic carbocycles. The molecule has 0 saturated heterocycles. The van der Waals surface area contributed by atoms with E-state index in [4.69, 9.17) is 5.11 Å². The lowest BCUT2D eigenvalue weighted by atomic mass is 9.87. The largest absolute Gasteiger partial charge is 0.481 e. The molecular formula is C16H25NO2. The van der Waals surface area contributed by atoms with E-state index >= 15 is 0 Å². The fraction of sp³-hybridized carbons (Fsp3) is 0.562. The Bertz CT molecular complexity index is 427. The molecule has 0 fully saturated rings. The van der Waals surface area contributed by atoms with Gasteiger partial charge in [0.15, 0.2) is 0 Å². The first kappa shape index (κ1) is 15.7. The zero-order chi connectivity index (χ0) is 14.7. The summed E-state index contributed by atoms with van der Waals surface area (Å²) in [5.74, 6) is -0.775. The topological polar surface area (TPSA) is 49.3 Å². The first-order valence-electron chi connectivity index (χ1n) is 6.66. The Kier molecular flexibility index (Phi) is 4.75. The molecule has 0 aromatic heterocycles. The fourth-order valence-electron chi connectivity index (χ4n) is 1.72. The number of benzene rings is 1. The minimum atomic E-state index is -0.775. The van der Waals surface area contributed by atoms with Crippen LogP contribution >= 0.6 is 0 Å². The maximum atomic E-state index is 11.0. The summed E-state index contributed by atoms with van der Waals surface area (Å²) in [4.78, 5) is 11.0. The van der Waals surface area contributed by atoms with Crippen molar-refractivity contribution in [2.24, 2.45) is 5.41 Å². The van der Waals surface area contributed by atoms with Crippen LogP contribution in [0, 0.1) is 5.41 Å². The maximum Gasteiger partial charge on any atom is 0.310 e. The Hall–Kier alpha value is -1.35. The van der Waals surface area contributed by atoms with Gasteiger partial charge < -0.3 is 10.4 Å². The van der Waals surface area contributed by atoms with Gasteiger partial charge in [0.25, 0.3) is 0 Å². The third-order valence-electron chi connectivity index (χ3n) is 3.29. The van der Waals surface area contributed by atoms with Crippen LogP contribution in [0.3, 0.4) is 0 Å². The van der Waals surface area contributed by atoms with Crippen molar-refractivity contribution >= 4 is 5.97 Å². The molecule has 3 nitrogen and oxygen atoms in total. The van der Waals surface area contributed by atoms with Gasteiger partial charge in [-0.3, -0.25) is 4.79 Å². The number of carboxylic acids is 1. The van der Waals surface area contributed by atoms with E-state index in [2.05, 4.69) is 50.4 Å². The highest BCUT2D eigenvalue weighted by atomic mass is 16.4. The summed E-state index contributed by atoms with van der Waals surface area (Å²) >= 11 is 0. The van der Waals surface area contributed by atoms with Crippen LogP contribution in [0.1, 0.15) is 45.7 Å². The zero-order valence-corrected chi connectivity index (χ0v) is 12.6. The quantitative estimate of drug-likeness (QED) is 0.857. The van der Waals surface area contributed by atoms with Gasteiger partial charge in [0.2, 0.25) is 0 Å². The second-order valence-corrected chi connectivity index (χ2v) is 6.74. The van der Waals surface area contributed by atoms with E-state index in [0.29, 0.717) is 13.1 Å². The molecule has 1 rings (SSSR count). The SMILES string of the molecule is CC(C)(CNCc1ccc(C(C)(C)C)cc1)C(=O)O. The molecule has 0 atom stereocenters. The standard InChI is InChI=1S/C16H25NO2/c1-15(2,3)13-8-6-12(7-9-13)10-17-11-16(4,5)14(18)19/h6-9,17H,10-11H2,1-5H3,(H,18,19). The van der Waals surface area contributed by atoms with Gasteiger partial charge in [-0.1, -0.05) is 45.0 Å². The molecule has 0 aliphatic carbocycles. The molecule has 2 N–H and O–H groups in total. The molecule has 0 unspecified atom stereocenters. The predicted octanol–water partition coefficient (Wildman–Crippen LogP) is 3.18. The van der Waals surface area contributed by atoms with Crippen molar-refractivity contribution in [2.45, 2.75) is 46.6 Å². The van der Waals surface area contributed by atoms with Crippen molar-refractivity contribution in [3.8, 4) is 0 Å². The summed E-state index contributed by atoms with van der Waals surface area (Å²) < 4.78 is 0. The van der Waals surface area contributed by atoms with Crippen molar-refractivity contribution < 1.29 is 9.90 Å². The Morgan fingerprint density at radius 2 is 1.63 bits per heavy atom. The molecule has 106 valence electrons. The summed E-state index contributed by atoms with van der Waals surface area (Å²) in [5.41, 5.74) is 1.92. The lowest BCUT2D eigenvalue weighted by molar-refractivity contribution is -0.146. The van der Waals surface area contributed by atoms with E-state index in [1.165, 1.54) is 11.1 Å². The fourth-order valence-corrected chi connectivity index (χ4v) is 1.72. The average Bonchev–Trinajstić information content (AvgIpc) is 2.28. The number of nitrogens with one attached hydrogen (secondary N) is 1. The Morgan fingerprint density at radius 3 is 2.05 bits per heavy atom. The van der Waals surface area contributed by atoms with Gasteiger partial charge in [0.05, 0.1) is 5.41 Å². The van der Waals surface area contributed by atoms with Crippen LogP contribution in [-0.4, -0.2) is 17.6 Å². The molecule has 19 heavy (non-hydrogen) atoms. The number of carbonyl (C=O) groups is 1. The van der Waals surface area contributed by atoms with Crippen molar-refractivity contribution in [3.05, 3.63) is 35.4 Å². The highest BCUT2D eigenvalue weighted by molar-refractivity contribution is 5.73. The average molecular weight is 263 g/mol. The Morgan fingerprint density at radius 1 is 1.11 bits per heavy atom. The second kappa shape index (κ2) is 5.74. The van der Waals surface area contributed by atoms with Crippen LogP contribution in [0.4, 0.5) is 0 Å². The first-order valence-corrected chi connectivity index (χ1v) is 6.66. The Balaban J connectivity index is 2.54. The summed E-state index contributed by atoms with van der Waals surface area (Å²) in [5, 5.41) is 12.2. The van der Waals surface area contributed by atoms with Crippen molar-refractivity contribution in [3.63, 3.8) is 0 Å². The van der Waals surface area contributed by atoms with Crippen LogP contribution in [0.2, 0.25) is 0 Å². The summed E-state index contributed by atoms with van der Waals surface area (Å²) in [6.07, 6.45) is 0. The highest BCUT2D eigenvalue weighted by Crippen LogP contribution is 2.22. The lowest BCUT2D eigenvalue weighted by Gasteiger charge is -2.21. The van der Waals surface area contributed by atoms with E-state index in [1.807, 2.05) is 0 Å².